The molecule has 0 saturated heterocycles. The molecule has 166 valence electrons. The van der Waals surface area contributed by atoms with Crippen LogP contribution in [-0.4, -0.2) is 27.1 Å². The average Bonchev–Trinajstić information content (AvgIpc) is 3.32. The van der Waals surface area contributed by atoms with Crippen LogP contribution in [0.5, 0.6) is 0 Å². The van der Waals surface area contributed by atoms with Crippen molar-refractivity contribution < 1.29 is 14.0 Å². The third-order valence-corrected chi connectivity index (χ3v) is 5.74. The zero-order valence-electron chi connectivity index (χ0n) is 17.6. The highest BCUT2D eigenvalue weighted by molar-refractivity contribution is 7.99. The van der Waals surface area contributed by atoms with E-state index in [1.807, 2.05) is 36.4 Å². The zero-order chi connectivity index (χ0) is 23.0. The van der Waals surface area contributed by atoms with Gasteiger partial charge in [0.25, 0.3) is 5.91 Å². The number of para-hydroxylation sites is 1. The van der Waals surface area contributed by atoms with E-state index < -0.39 is 5.82 Å². The molecule has 0 saturated carbocycles. The summed E-state index contributed by atoms with van der Waals surface area (Å²) in [6.45, 7) is 0.438. The number of nitrogens with zero attached hydrogens (tertiary/aromatic N) is 2. The predicted octanol–water partition coefficient (Wildman–Crippen LogP) is 4.67. The van der Waals surface area contributed by atoms with Crippen molar-refractivity contribution in [2.75, 3.05) is 11.1 Å². The molecular formula is C25H21FN4O2S. The number of imidazole rings is 1. The van der Waals surface area contributed by atoms with Crippen molar-refractivity contribution in [1.29, 1.82) is 0 Å². The van der Waals surface area contributed by atoms with Crippen molar-refractivity contribution in [1.82, 2.24) is 14.9 Å². The highest BCUT2D eigenvalue weighted by Gasteiger charge is 2.12. The van der Waals surface area contributed by atoms with E-state index in [1.54, 1.807) is 47.3 Å². The molecule has 4 rings (SSSR count). The Balaban J connectivity index is 1.40. The van der Waals surface area contributed by atoms with Crippen LogP contribution in [0.4, 0.5) is 10.1 Å². The maximum Gasteiger partial charge on any atom is 0.251 e. The predicted molar refractivity (Wildman–Crippen MR) is 127 cm³/mol. The number of amides is 2. The normalized spacial score (nSPS) is 10.6. The molecule has 1 aromatic heterocycles. The summed E-state index contributed by atoms with van der Waals surface area (Å²) in [6, 6.07) is 22.9. The molecule has 0 aliphatic heterocycles. The number of hydrogen-bond acceptors (Lipinski definition) is 4. The van der Waals surface area contributed by atoms with Gasteiger partial charge in [-0.1, -0.05) is 60.3 Å². The number of aromatic nitrogens is 2. The second kappa shape index (κ2) is 10.6. The molecule has 0 unspecified atom stereocenters. The largest absolute Gasteiger partial charge is 0.348 e. The van der Waals surface area contributed by atoms with Gasteiger partial charge in [0.05, 0.1) is 11.4 Å². The van der Waals surface area contributed by atoms with E-state index in [0.717, 1.165) is 11.3 Å². The minimum absolute atomic E-state index is 0.0581. The summed E-state index contributed by atoms with van der Waals surface area (Å²) in [5.41, 5.74) is 2.42. The number of hydrogen-bond donors (Lipinski definition) is 2. The van der Waals surface area contributed by atoms with Crippen LogP contribution in [0.1, 0.15) is 15.9 Å². The number of carbonyl (C=O) groups is 2. The number of carbonyl (C=O) groups excluding carboxylic acids is 2. The van der Waals surface area contributed by atoms with Gasteiger partial charge in [-0.15, -0.1) is 0 Å². The Morgan fingerprint density at radius 3 is 2.58 bits per heavy atom. The van der Waals surface area contributed by atoms with Crippen LogP contribution in [0, 0.1) is 5.82 Å². The van der Waals surface area contributed by atoms with Crippen LogP contribution >= 0.6 is 11.8 Å². The molecule has 0 atom stereocenters. The van der Waals surface area contributed by atoms with E-state index in [9.17, 15) is 14.0 Å². The van der Waals surface area contributed by atoms with Crippen LogP contribution in [0.3, 0.4) is 0 Å². The Labute approximate surface area is 194 Å². The fourth-order valence-electron chi connectivity index (χ4n) is 3.15. The van der Waals surface area contributed by atoms with Gasteiger partial charge in [0.2, 0.25) is 5.91 Å². The molecule has 8 heteroatoms. The van der Waals surface area contributed by atoms with Crippen molar-refractivity contribution in [3.8, 4) is 5.69 Å². The molecule has 6 nitrogen and oxygen atoms in total. The number of benzene rings is 3. The number of anilines is 1. The standard InChI is InChI=1S/C25H21FN4O2S/c26-21-11-4-5-12-22(21)29-23(31)17-33-25-27-13-14-30(25)20-10-6-9-19(15-20)24(32)28-16-18-7-2-1-3-8-18/h1-15H,16-17H2,(H,28,32)(H,29,31). The Hall–Kier alpha value is -3.91. The summed E-state index contributed by atoms with van der Waals surface area (Å²) in [7, 11) is 0. The van der Waals surface area contributed by atoms with Gasteiger partial charge in [-0.3, -0.25) is 14.2 Å². The molecule has 1 heterocycles. The topological polar surface area (TPSA) is 76.0 Å². The minimum atomic E-state index is -0.486. The summed E-state index contributed by atoms with van der Waals surface area (Å²) >= 11 is 1.22. The summed E-state index contributed by atoms with van der Waals surface area (Å²) < 4.78 is 15.5. The first kappa shape index (κ1) is 22.3. The number of rotatable bonds is 8. The molecule has 0 spiro atoms. The summed E-state index contributed by atoms with van der Waals surface area (Å²) in [6.07, 6.45) is 3.39. The van der Waals surface area contributed by atoms with Gasteiger partial charge in [-0.25, -0.2) is 9.37 Å². The number of nitrogens with one attached hydrogen (secondary N) is 2. The lowest BCUT2D eigenvalue weighted by molar-refractivity contribution is -0.113. The van der Waals surface area contributed by atoms with Gasteiger partial charge in [0.15, 0.2) is 5.16 Å². The lowest BCUT2D eigenvalue weighted by Gasteiger charge is -2.10. The van der Waals surface area contributed by atoms with Crippen LogP contribution < -0.4 is 10.6 Å². The van der Waals surface area contributed by atoms with E-state index >= 15 is 0 Å². The third-order valence-electron chi connectivity index (χ3n) is 4.77. The zero-order valence-corrected chi connectivity index (χ0v) is 18.4. The second-order valence-electron chi connectivity index (χ2n) is 7.12. The molecule has 33 heavy (non-hydrogen) atoms. The Morgan fingerprint density at radius 2 is 1.76 bits per heavy atom. The molecule has 2 amide bonds. The monoisotopic (exact) mass is 460 g/mol. The van der Waals surface area contributed by atoms with Crippen LogP contribution in [0.2, 0.25) is 0 Å². The fraction of sp³-hybridized carbons (Fsp3) is 0.0800. The smallest absolute Gasteiger partial charge is 0.251 e. The lowest BCUT2D eigenvalue weighted by atomic mass is 10.1. The Kier molecular flexibility index (Phi) is 7.16. The highest BCUT2D eigenvalue weighted by atomic mass is 32.2. The number of halogens is 1. The molecule has 0 bridgehead atoms. The first-order chi connectivity index (χ1) is 16.1. The van der Waals surface area contributed by atoms with E-state index in [1.165, 1.54) is 23.9 Å². The summed E-state index contributed by atoms with van der Waals surface area (Å²) in [5, 5.41) is 6.06. The summed E-state index contributed by atoms with van der Waals surface area (Å²) in [4.78, 5) is 29.2. The highest BCUT2D eigenvalue weighted by Crippen LogP contribution is 2.22. The molecule has 0 radical (unpaired) electrons. The minimum Gasteiger partial charge on any atom is -0.348 e. The van der Waals surface area contributed by atoms with Gasteiger partial charge < -0.3 is 10.6 Å². The first-order valence-electron chi connectivity index (χ1n) is 10.2. The third kappa shape index (κ3) is 5.87. The Bertz CT molecular complexity index is 1260. The fourth-order valence-corrected chi connectivity index (χ4v) is 3.92. The SMILES string of the molecule is O=C(CSc1nccn1-c1cccc(C(=O)NCc2ccccc2)c1)Nc1ccccc1F. The average molecular weight is 461 g/mol. The van der Waals surface area contributed by atoms with E-state index in [2.05, 4.69) is 15.6 Å². The molecule has 0 aliphatic carbocycles. The maximum absolute atomic E-state index is 13.7. The second-order valence-corrected chi connectivity index (χ2v) is 8.06. The molecule has 3 aromatic carbocycles. The molecule has 0 fully saturated rings. The Morgan fingerprint density at radius 1 is 0.970 bits per heavy atom. The molecule has 0 aliphatic rings. The number of thioether (sulfide) groups is 1. The van der Waals surface area contributed by atoms with Gasteiger partial charge in [0.1, 0.15) is 5.82 Å². The van der Waals surface area contributed by atoms with Crippen LogP contribution in [0.15, 0.2) is 96.4 Å². The molecule has 2 N–H and O–H groups in total. The van der Waals surface area contributed by atoms with Crippen molar-refractivity contribution in [3.63, 3.8) is 0 Å². The quantitative estimate of drug-likeness (QED) is 0.375. The van der Waals surface area contributed by atoms with Crippen LogP contribution in [-0.2, 0) is 11.3 Å². The van der Waals surface area contributed by atoms with Gasteiger partial charge in [-0.2, -0.15) is 0 Å². The van der Waals surface area contributed by atoms with Gasteiger partial charge >= 0.3 is 0 Å². The molecule has 4 aromatic rings. The van der Waals surface area contributed by atoms with Crippen molar-refractivity contribution in [3.05, 3.63) is 108 Å². The van der Waals surface area contributed by atoms with Gasteiger partial charge in [-0.05, 0) is 35.9 Å². The van der Waals surface area contributed by atoms with E-state index in [4.69, 9.17) is 0 Å². The van der Waals surface area contributed by atoms with E-state index in [-0.39, 0.29) is 23.3 Å². The van der Waals surface area contributed by atoms with Gasteiger partial charge in [0, 0.05) is 30.2 Å². The van der Waals surface area contributed by atoms with Crippen molar-refractivity contribution >= 4 is 29.3 Å². The summed E-state index contributed by atoms with van der Waals surface area (Å²) in [5.74, 6) is -0.949. The lowest BCUT2D eigenvalue weighted by Crippen LogP contribution is -2.22. The maximum atomic E-state index is 13.7. The van der Waals surface area contributed by atoms with Crippen molar-refractivity contribution in [2.45, 2.75) is 11.7 Å². The first-order valence-corrected chi connectivity index (χ1v) is 11.2. The van der Waals surface area contributed by atoms with Crippen LogP contribution in [0.25, 0.3) is 5.69 Å². The molecular weight excluding hydrogens is 439 g/mol. The van der Waals surface area contributed by atoms with E-state index in [0.29, 0.717) is 17.3 Å². The van der Waals surface area contributed by atoms with Crippen molar-refractivity contribution in [2.24, 2.45) is 0 Å².